The number of benzene rings is 2. The normalized spacial score (nSPS) is 11.0. The van der Waals surface area contributed by atoms with Crippen molar-refractivity contribution >= 4 is 10.9 Å². The maximum absolute atomic E-state index is 12.7. The zero-order chi connectivity index (χ0) is 21.2. The molecular formula is C25H20N4O2. The number of hydrogen-bond acceptors (Lipinski definition) is 4. The molecule has 0 saturated heterocycles. The highest BCUT2D eigenvalue weighted by Gasteiger charge is 2.16. The van der Waals surface area contributed by atoms with Crippen LogP contribution in [0.25, 0.3) is 33.3 Å². The fraction of sp³-hybridized carbons (Fsp3) is 0.0800. The van der Waals surface area contributed by atoms with Crippen LogP contribution in [0.1, 0.15) is 5.69 Å². The van der Waals surface area contributed by atoms with Crippen LogP contribution in [0.2, 0.25) is 0 Å². The Morgan fingerprint density at radius 3 is 2.48 bits per heavy atom. The third-order valence-corrected chi connectivity index (χ3v) is 5.20. The molecule has 0 atom stereocenters. The molecule has 0 aliphatic heterocycles. The number of aromatic amines is 1. The first-order chi connectivity index (χ1) is 15.2. The van der Waals surface area contributed by atoms with Gasteiger partial charge in [-0.1, -0.05) is 36.4 Å². The van der Waals surface area contributed by atoms with Gasteiger partial charge in [-0.05, 0) is 42.0 Å². The van der Waals surface area contributed by atoms with Crippen LogP contribution in [0.5, 0.6) is 5.75 Å². The second kappa shape index (κ2) is 7.91. The predicted molar refractivity (Wildman–Crippen MR) is 121 cm³/mol. The quantitative estimate of drug-likeness (QED) is 0.462. The molecule has 0 aliphatic rings. The number of fused-ring (bicyclic) bond motifs is 1. The Morgan fingerprint density at radius 1 is 0.903 bits per heavy atom. The van der Waals surface area contributed by atoms with E-state index in [1.807, 2.05) is 72.8 Å². The topological polar surface area (TPSA) is 72.8 Å². The lowest BCUT2D eigenvalue weighted by molar-refractivity contribution is 0.302. The van der Waals surface area contributed by atoms with Crippen molar-refractivity contribution in [2.24, 2.45) is 7.05 Å². The van der Waals surface area contributed by atoms with Gasteiger partial charge in [-0.2, -0.15) is 0 Å². The molecule has 0 radical (unpaired) electrons. The van der Waals surface area contributed by atoms with Crippen molar-refractivity contribution in [3.8, 4) is 28.1 Å². The average molecular weight is 408 g/mol. The van der Waals surface area contributed by atoms with Crippen LogP contribution in [-0.4, -0.2) is 19.7 Å². The van der Waals surface area contributed by atoms with Crippen LogP contribution in [0.4, 0.5) is 0 Å². The standard InChI is InChI=1S/C25H20N4O2/c1-29-25(30)23(24(28-29)19-12-14-26-15-13-19)18-7-10-21(11-8-18)31-16-20-9-6-17-4-2-3-5-22(17)27-20/h2-15,28H,16H2,1H3. The molecule has 5 rings (SSSR count). The van der Waals surface area contributed by atoms with E-state index >= 15 is 0 Å². The van der Waals surface area contributed by atoms with E-state index in [4.69, 9.17) is 4.74 Å². The van der Waals surface area contributed by atoms with Crippen molar-refractivity contribution in [2.75, 3.05) is 0 Å². The highest BCUT2D eigenvalue weighted by molar-refractivity contribution is 5.80. The van der Waals surface area contributed by atoms with Crippen LogP contribution >= 0.6 is 0 Å². The van der Waals surface area contributed by atoms with Gasteiger partial charge < -0.3 is 4.74 Å². The molecule has 2 aromatic carbocycles. The number of pyridine rings is 2. The van der Waals surface area contributed by atoms with Gasteiger partial charge in [0.2, 0.25) is 0 Å². The van der Waals surface area contributed by atoms with E-state index in [0.717, 1.165) is 39.2 Å². The molecule has 3 heterocycles. The Labute approximate surface area is 178 Å². The van der Waals surface area contributed by atoms with Crippen molar-refractivity contribution in [1.29, 1.82) is 0 Å². The molecule has 152 valence electrons. The van der Waals surface area contributed by atoms with E-state index in [-0.39, 0.29) is 5.56 Å². The lowest BCUT2D eigenvalue weighted by Gasteiger charge is -2.08. The van der Waals surface area contributed by atoms with Crippen molar-refractivity contribution in [3.05, 3.63) is 101 Å². The van der Waals surface area contributed by atoms with Gasteiger partial charge in [-0.15, -0.1) is 0 Å². The molecule has 0 aliphatic carbocycles. The lowest BCUT2D eigenvalue weighted by atomic mass is 10.0. The first-order valence-corrected chi connectivity index (χ1v) is 9.96. The summed E-state index contributed by atoms with van der Waals surface area (Å²) in [6, 6.07) is 23.3. The van der Waals surface area contributed by atoms with Crippen molar-refractivity contribution in [3.63, 3.8) is 0 Å². The molecule has 0 spiro atoms. The molecule has 6 nitrogen and oxygen atoms in total. The predicted octanol–water partition coefficient (Wildman–Crippen LogP) is 4.57. The number of nitrogens with one attached hydrogen (secondary N) is 1. The van der Waals surface area contributed by atoms with E-state index in [0.29, 0.717) is 12.2 Å². The first kappa shape index (κ1) is 18.8. The van der Waals surface area contributed by atoms with Crippen LogP contribution in [0.3, 0.4) is 0 Å². The minimum absolute atomic E-state index is 0.0826. The summed E-state index contributed by atoms with van der Waals surface area (Å²) in [5, 5.41) is 4.25. The maximum Gasteiger partial charge on any atom is 0.274 e. The molecule has 31 heavy (non-hydrogen) atoms. The Bertz CT molecular complexity index is 1400. The number of aromatic nitrogens is 4. The van der Waals surface area contributed by atoms with Crippen LogP contribution < -0.4 is 10.3 Å². The summed E-state index contributed by atoms with van der Waals surface area (Å²) in [5.74, 6) is 0.719. The molecule has 3 aromatic heterocycles. The van der Waals surface area contributed by atoms with Crippen LogP contribution in [-0.2, 0) is 13.7 Å². The largest absolute Gasteiger partial charge is 0.487 e. The minimum atomic E-state index is -0.0826. The fourth-order valence-electron chi connectivity index (χ4n) is 3.61. The number of para-hydroxylation sites is 1. The minimum Gasteiger partial charge on any atom is -0.487 e. The molecule has 5 aromatic rings. The third-order valence-electron chi connectivity index (χ3n) is 5.20. The van der Waals surface area contributed by atoms with E-state index in [2.05, 4.69) is 15.1 Å². The average Bonchev–Trinajstić information content (AvgIpc) is 3.13. The molecule has 0 saturated carbocycles. The molecule has 0 bridgehead atoms. The van der Waals surface area contributed by atoms with Gasteiger partial charge in [0, 0.05) is 30.4 Å². The number of ether oxygens (including phenoxy) is 1. The van der Waals surface area contributed by atoms with Gasteiger partial charge >= 0.3 is 0 Å². The fourth-order valence-corrected chi connectivity index (χ4v) is 3.61. The van der Waals surface area contributed by atoms with Gasteiger partial charge in [-0.25, -0.2) is 4.98 Å². The zero-order valence-corrected chi connectivity index (χ0v) is 16.9. The van der Waals surface area contributed by atoms with Crippen molar-refractivity contribution in [2.45, 2.75) is 6.61 Å². The van der Waals surface area contributed by atoms with Crippen LogP contribution in [0.15, 0.2) is 90.0 Å². The molecule has 0 fully saturated rings. The third kappa shape index (κ3) is 3.71. The Balaban J connectivity index is 1.39. The van der Waals surface area contributed by atoms with E-state index in [1.54, 1.807) is 19.4 Å². The Morgan fingerprint density at radius 2 is 1.68 bits per heavy atom. The number of rotatable bonds is 5. The summed E-state index contributed by atoms with van der Waals surface area (Å²) in [6.45, 7) is 0.373. The number of aryl methyl sites for hydroxylation is 1. The highest BCUT2D eigenvalue weighted by atomic mass is 16.5. The monoisotopic (exact) mass is 408 g/mol. The van der Waals surface area contributed by atoms with Gasteiger partial charge in [0.1, 0.15) is 12.4 Å². The van der Waals surface area contributed by atoms with Gasteiger partial charge in [0.25, 0.3) is 5.56 Å². The van der Waals surface area contributed by atoms with Crippen LogP contribution in [0, 0.1) is 0 Å². The summed E-state index contributed by atoms with van der Waals surface area (Å²) in [6.07, 6.45) is 3.42. The van der Waals surface area contributed by atoms with Gasteiger partial charge in [0.05, 0.1) is 22.5 Å². The summed E-state index contributed by atoms with van der Waals surface area (Å²) in [7, 11) is 1.71. The summed E-state index contributed by atoms with van der Waals surface area (Å²) in [4.78, 5) is 21.4. The Kier molecular flexibility index (Phi) is 4.80. The smallest absolute Gasteiger partial charge is 0.274 e. The second-order valence-electron chi connectivity index (χ2n) is 7.27. The molecule has 0 unspecified atom stereocenters. The van der Waals surface area contributed by atoms with Crippen molar-refractivity contribution < 1.29 is 4.74 Å². The van der Waals surface area contributed by atoms with E-state index in [1.165, 1.54) is 4.68 Å². The van der Waals surface area contributed by atoms with E-state index in [9.17, 15) is 4.79 Å². The summed E-state index contributed by atoms with van der Waals surface area (Å²) < 4.78 is 7.41. The zero-order valence-electron chi connectivity index (χ0n) is 16.9. The van der Waals surface area contributed by atoms with Gasteiger partial charge in [-0.3, -0.25) is 19.6 Å². The highest BCUT2D eigenvalue weighted by Crippen LogP contribution is 2.29. The molecular weight excluding hydrogens is 388 g/mol. The summed E-state index contributed by atoms with van der Waals surface area (Å²) >= 11 is 0. The van der Waals surface area contributed by atoms with Gasteiger partial charge in [0.15, 0.2) is 0 Å². The first-order valence-electron chi connectivity index (χ1n) is 9.96. The van der Waals surface area contributed by atoms with Crippen molar-refractivity contribution in [1.82, 2.24) is 19.7 Å². The number of nitrogens with zero attached hydrogens (tertiary/aromatic N) is 3. The van der Waals surface area contributed by atoms with E-state index < -0.39 is 0 Å². The molecule has 0 amide bonds. The second-order valence-corrected chi connectivity index (χ2v) is 7.27. The number of hydrogen-bond donors (Lipinski definition) is 1. The lowest BCUT2D eigenvalue weighted by Crippen LogP contribution is -2.13. The summed E-state index contributed by atoms with van der Waals surface area (Å²) in [5.41, 5.74) is 4.85. The SMILES string of the molecule is Cn1[nH]c(-c2ccncc2)c(-c2ccc(OCc3ccc4ccccc4n3)cc2)c1=O. The Hall–Kier alpha value is -4.19. The molecule has 1 N–H and O–H groups in total. The maximum atomic E-state index is 12.7. The molecule has 6 heteroatoms. The number of H-pyrrole nitrogens is 1.